The van der Waals surface area contributed by atoms with Crippen LogP contribution in [0.1, 0.15) is 17.4 Å². The summed E-state index contributed by atoms with van der Waals surface area (Å²) >= 11 is 0. The molecule has 0 fully saturated rings. The van der Waals surface area contributed by atoms with Gasteiger partial charge in [0.2, 0.25) is 5.95 Å². The first-order valence-corrected chi connectivity index (χ1v) is 6.46. The predicted molar refractivity (Wildman–Crippen MR) is 76.4 cm³/mol. The van der Waals surface area contributed by atoms with Crippen LogP contribution in [0.3, 0.4) is 0 Å². The first kappa shape index (κ1) is 13.0. The minimum atomic E-state index is -0.254. The van der Waals surface area contributed by atoms with Crippen LogP contribution in [0.4, 0.5) is 5.95 Å². The SMILES string of the molecule is CCNc1nc(-n2ccc(C(=O)NC)n2)c2[nH]cnc2n1. The highest BCUT2D eigenvalue weighted by Gasteiger charge is 2.14. The van der Waals surface area contributed by atoms with Gasteiger partial charge in [0.15, 0.2) is 17.2 Å². The van der Waals surface area contributed by atoms with Crippen molar-refractivity contribution in [1.29, 1.82) is 0 Å². The maximum absolute atomic E-state index is 11.6. The summed E-state index contributed by atoms with van der Waals surface area (Å²) in [6.45, 7) is 2.65. The lowest BCUT2D eigenvalue weighted by atomic mass is 10.4. The van der Waals surface area contributed by atoms with E-state index in [1.54, 1.807) is 25.6 Å². The number of nitrogens with one attached hydrogen (secondary N) is 3. The Balaban J connectivity index is 2.12. The summed E-state index contributed by atoms with van der Waals surface area (Å²) in [5.74, 6) is 0.739. The van der Waals surface area contributed by atoms with E-state index in [1.807, 2.05) is 6.92 Å². The fraction of sp³-hybridized carbons (Fsp3) is 0.250. The molecule has 0 radical (unpaired) electrons. The maximum Gasteiger partial charge on any atom is 0.271 e. The molecule has 0 saturated heterocycles. The quantitative estimate of drug-likeness (QED) is 0.637. The van der Waals surface area contributed by atoms with E-state index in [9.17, 15) is 4.79 Å². The number of amides is 1. The van der Waals surface area contributed by atoms with Gasteiger partial charge in [0, 0.05) is 19.8 Å². The van der Waals surface area contributed by atoms with Crippen molar-refractivity contribution in [2.75, 3.05) is 18.9 Å². The van der Waals surface area contributed by atoms with Crippen LogP contribution >= 0.6 is 0 Å². The third-order valence-electron chi connectivity index (χ3n) is 2.87. The zero-order valence-electron chi connectivity index (χ0n) is 11.6. The van der Waals surface area contributed by atoms with E-state index in [0.29, 0.717) is 35.2 Å². The number of aromatic nitrogens is 6. The van der Waals surface area contributed by atoms with Crippen molar-refractivity contribution in [2.24, 2.45) is 0 Å². The number of carbonyl (C=O) groups is 1. The molecule has 3 heterocycles. The van der Waals surface area contributed by atoms with Gasteiger partial charge >= 0.3 is 0 Å². The van der Waals surface area contributed by atoms with Gasteiger partial charge in [-0.3, -0.25) is 4.79 Å². The molecule has 3 aromatic heterocycles. The van der Waals surface area contributed by atoms with E-state index < -0.39 is 0 Å². The van der Waals surface area contributed by atoms with Crippen molar-refractivity contribution in [1.82, 2.24) is 35.0 Å². The fourth-order valence-corrected chi connectivity index (χ4v) is 1.91. The monoisotopic (exact) mass is 286 g/mol. The van der Waals surface area contributed by atoms with Gasteiger partial charge in [0.1, 0.15) is 5.52 Å². The smallest absolute Gasteiger partial charge is 0.271 e. The highest BCUT2D eigenvalue weighted by atomic mass is 16.1. The zero-order chi connectivity index (χ0) is 14.8. The van der Waals surface area contributed by atoms with Crippen molar-refractivity contribution in [3.8, 4) is 5.82 Å². The van der Waals surface area contributed by atoms with E-state index >= 15 is 0 Å². The number of aromatic amines is 1. The fourth-order valence-electron chi connectivity index (χ4n) is 1.91. The molecule has 0 bridgehead atoms. The Bertz CT molecular complexity index is 790. The van der Waals surface area contributed by atoms with Gasteiger partial charge in [-0.15, -0.1) is 0 Å². The van der Waals surface area contributed by atoms with Crippen LogP contribution in [-0.4, -0.2) is 49.2 Å². The summed E-state index contributed by atoms with van der Waals surface area (Å²) in [6.07, 6.45) is 3.21. The van der Waals surface area contributed by atoms with Crippen LogP contribution in [0.15, 0.2) is 18.6 Å². The highest BCUT2D eigenvalue weighted by molar-refractivity contribution is 5.92. The zero-order valence-corrected chi connectivity index (χ0v) is 11.6. The van der Waals surface area contributed by atoms with E-state index in [-0.39, 0.29) is 5.91 Å². The summed E-state index contributed by atoms with van der Waals surface area (Å²) in [7, 11) is 1.56. The number of hydrogen-bond acceptors (Lipinski definition) is 6. The number of rotatable bonds is 4. The number of imidazole rings is 1. The molecule has 0 spiro atoms. The lowest BCUT2D eigenvalue weighted by Crippen LogP contribution is -2.18. The van der Waals surface area contributed by atoms with Gasteiger partial charge in [0.25, 0.3) is 5.91 Å². The molecule has 21 heavy (non-hydrogen) atoms. The number of hydrogen-bond donors (Lipinski definition) is 3. The second kappa shape index (κ2) is 5.19. The molecule has 0 saturated carbocycles. The van der Waals surface area contributed by atoms with Crippen molar-refractivity contribution < 1.29 is 4.79 Å². The van der Waals surface area contributed by atoms with E-state index in [2.05, 4.69) is 35.7 Å². The average Bonchev–Trinajstić information content (AvgIpc) is 3.14. The van der Waals surface area contributed by atoms with E-state index in [4.69, 9.17) is 0 Å². The molecule has 0 aromatic carbocycles. The molecule has 9 heteroatoms. The summed E-state index contributed by atoms with van der Waals surface area (Å²) in [4.78, 5) is 27.4. The predicted octanol–water partition coefficient (Wildman–Crippen LogP) is 0.330. The number of anilines is 1. The minimum Gasteiger partial charge on any atom is -0.354 e. The lowest BCUT2D eigenvalue weighted by Gasteiger charge is -2.05. The van der Waals surface area contributed by atoms with Gasteiger partial charge in [-0.05, 0) is 13.0 Å². The third-order valence-corrected chi connectivity index (χ3v) is 2.87. The molecule has 3 rings (SSSR count). The largest absolute Gasteiger partial charge is 0.354 e. The van der Waals surface area contributed by atoms with Crippen molar-refractivity contribution >= 4 is 23.0 Å². The van der Waals surface area contributed by atoms with Crippen LogP contribution in [0.25, 0.3) is 17.0 Å². The van der Waals surface area contributed by atoms with Gasteiger partial charge in [-0.2, -0.15) is 15.1 Å². The molecule has 3 aromatic rings. The van der Waals surface area contributed by atoms with Crippen LogP contribution in [-0.2, 0) is 0 Å². The van der Waals surface area contributed by atoms with Gasteiger partial charge in [-0.1, -0.05) is 0 Å². The lowest BCUT2D eigenvalue weighted by molar-refractivity contribution is 0.0957. The normalized spacial score (nSPS) is 10.8. The Kier molecular flexibility index (Phi) is 3.22. The van der Waals surface area contributed by atoms with Crippen LogP contribution in [0, 0.1) is 0 Å². The molecule has 1 amide bonds. The highest BCUT2D eigenvalue weighted by Crippen LogP contribution is 2.17. The Labute approximate surface area is 119 Å². The summed E-state index contributed by atoms with van der Waals surface area (Å²) < 4.78 is 1.52. The third kappa shape index (κ3) is 2.29. The first-order chi connectivity index (χ1) is 10.2. The second-order valence-electron chi connectivity index (χ2n) is 4.23. The van der Waals surface area contributed by atoms with Crippen molar-refractivity contribution in [3.05, 3.63) is 24.3 Å². The molecule has 0 atom stereocenters. The Morgan fingerprint density at radius 2 is 2.29 bits per heavy atom. The molecule has 9 nitrogen and oxygen atoms in total. The van der Waals surface area contributed by atoms with Crippen LogP contribution in [0.5, 0.6) is 0 Å². The Hall–Kier alpha value is -2.97. The van der Waals surface area contributed by atoms with Crippen molar-refractivity contribution in [3.63, 3.8) is 0 Å². The number of carbonyl (C=O) groups excluding carboxylic acids is 1. The molecule has 3 N–H and O–H groups in total. The minimum absolute atomic E-state index is 0.254. The number of H-pyrrole nitrogens is 1. The first-order valence-electron chi connectivity index (χ1n) is 6.46. The Morgan fingerprint density at radius 3 is 3.05 bits per heavy atom. The topological polar surface area (TPSA) is 113 Å². The van der Waals surface area contributed by atoms with Gasteiger partial charge in [0.05, 0.1) is 6.33 Å². The van der Waals surface area contributed by atoms with Gasteiger partial charge < -0.3 is 15.6 Å². The molecule has 108 valence electrons. The van der Waals surface area contributed by atoms with Crippen LogP contribution in [0.2, 0.25) is 0 Å². The summed E-state index contributed by atoms with van der Waals surface area (Å²) in [5.41, 5.74) is 1.50. The molecule has 0 aliphatic rings. The maximum atomic E-state index is 11.6. The molecule has 0 aliphatic heterocycles. The summed E-state index contributed by atoms with van der Waals surface area (Å²) in [6, 6.07) is 1.62. The van der Waals surface area contributed by atoms with Crippen molar-refractivity contribution in [2.45, 2.75) is 6.92 Å². The molecular formula is C12H14N8O. The average molecular weight is 286 g/mol. The van der Waals surface area contributed by atoms with E-state index in [1.165, 1.54) is 4.68 Å². The van der Waals surface area contributed by atoms with Gasteiger partial charge in [-0.25, -0.2) is 9.67 Å². The number of nitrogens with zero attached hydrogens (tertiary/aromatic N) is 5. The standard InChI is InChI=1S/C12H14N8O/c1-3-14-12-17-9-8(15-6-16-9)10(18-12)20-5-4-7(19-20)11(21)13-2/h4-6H,3H2,1-2H3,(H,13,21)(H2,14,15,16,17,18). The Morgan fingerprint density at radius 1 is 1.43 bits per heavy atom. The van der Waals surface area contributed by atoms with Crippen LogP contribution < -0.4 is 10.6 Å². The molecule has 0 aliphatic carbocycles. The van der Waals surface area contributed by atoms with E-state index in [0.717, 1.165) is 0 Å². The molecular weight excluding hydrogens is 272 g/mol. The molecule has 0 unspecified atom stereocenters. The summed E-state index contributed by atoms with van der Waals surface area (Å²) in [5, 5.41) is 9.79. The second-order valence-corrected chi connectivity index (χ2v) is 4.23. The number of fused-ring (bicyclic) bond motifs is 1.